The molecule has 1 unspecified atom stereocenters. The van der Waals surface area contributed by atoms with Crippen LogP contribution >= 0.6 is 11.3 Å². The van der Waals surface area contributed by atoms with Gasteiger partial charge in [-0.05, 0) is 72.1 Å². The summed E-state index contributed by atoms with van der Waals surface area (Å²) >= 11 is 1.66. The van der Waals surface area contributed by atoms with Crippen LogP contribution in [0.2, 0.25) is 0 Å². The van der Waals surface area contributed by atoms with Crippen molar-refractivity contribution in [2.24, 2.45) is 5.10 Å². The number of anilines is 1. The van der Waals surface area contributed by atoms with Crippen LogP contribution in [0.5, 0.6) is 11.5 Å². The van der Waals surface area contributed by atoms with Gasteiger partial charge in [0.25, 0.3) is 0 Å². The Labute approximate surface area is 178 Å². The van der Waals surface area contributed by atoms with Crippen LogP contribution in [0.3, 0.4) is 0 Å². The lowest BCUT2D eigenvalue weighted by molar-refractivity contribution is 0.414. The zero-order valence-corrected chi connectivity index (χ0v) is 17.6. The molecule has 150 valence electrons. The molecular weight excluding hydrogens is 394 g/mol. The number of hydrogen-bond donors (Lipinski definition) is 1. The number of aryl methyl sites for hydroxylation is 1. The third-order valence-electron chi connectivity index (χ3n) is 5.34. The Morgan fingerprint density at radius 1 is 1.03 bits per heavy atom. The summed E-state index contributed by atoms with van der Waals surface area (Å²) in [5, 5.41) is 17.5. The minimum absolute atomic E-state index is 0.0429. The van der Waals surface area contributed by atoms with Gasteiger partial charge in [-0.2, -0.15) is 5.10 Å². The predicted molar refractivity (Wildman–Crippen MR) is 122 cm³/mol. The van der Waals surface area contributed by atoms with E-state index < -0.39 is 0 Å². The van der Waals surface area contributed by atoms with Crippen molar-refractivity contribution in [1.82, 2.24) is 4.98 Å². The molecule has 5 rings (SSSR count). The number of ether oxygens (including phenoxy) is 1. The van der Waals surface area contributed by atoms with Crippen molar-refractivity contribution in [3.8, 4) is 11.5 Å². The number of phenols is 1. The number of rotatable bonds is 4. The Kier molecular flexibility index (Phi) is 4.64. The van der Waals surface area contributed by atoms with Crippen LogP contribution in [-0.4, -0.2) is 22.9 Å². The van der Waals surface area contributed by atoms with E-state index in [-0.39, 0.29) is 11.8 Å². The van der Waals surface area contributed by atoms with E-state index in [1.165, 1.54) is 5.56 Å². The van der Waals surface area contributed by atoms with Crippen molar-refractivity contribution in [1.29, 1.82) is 0 Å². The van der Waals surface area contributed by atoms with Gasteiger partial charge in [0.1, 0.15) is 11.5 Å². The molecular formula is C24H21N3O2S. The largest absolute Gasteiger partial charge is 0.508 e. The number of fused-ring (bicyclic) bond motifs is 1. The van der Waals surface area contributed by atoms with Gasteiger partial charge in [-0.1, -0.05) is 29.5 Å². The highest BCUT2D eigenvalue weighted by Gasteiger charge is 2.32. The molecule has 4 aromatic rings. The van der Waals surface area contributed by atoms with Crippen molar-refractivity contribution in [2.45, 2.75) is 19.4 Å². The number of aromatic hydroxyl groups is 1. The number of methoxy groups -OCH3 is 1. The zero-order chi connectivity index (χ0) is 20.7. The molecule has 0 radical (unpaired) electrons. The normalized spacial score (nSPS) is 16.1. The standard InChI is InChI=1S/C24H21N3O2S/c1-15-3-12-20-23(13-15)30-24(25-20)27-22(17-6-10-19(29-2)11-7-17)14-21(26-27)16-4-8-18(28)9-5-16/h3-13,22,28H,14H2,1-2H3. The molecule has 0 saturated heterocycles. The average Bonchev–Trinajstić information content (AvgIpc) is 3.38. The van der Waals surface area contributed by atoms with E-state index >= 15 is 0 Å². The summed E-state index contributed by atoms with van der Waals surface area (Å²) in [6.45, 7) is 2.09. The molecule has 6 heteroatoms. The van der Waals surface area contributed by atoms with Crippen molar-refractivity contribution in [3.05, 3.63) is 83.4 Å². The predicted octanol–water partition coefficient (Wildman–Crippen LogP) is 5.67. The molecule has 0 fully saturated rings. The molecule has 30 heavy (non-hydrogen) atoms. The highest BCUT2D eigenvalue weighted by molar-refractivity contribution is 7.22. The number of hydrazone groups is 1. The monoisotopic (exact) mass is 415 g/mol. The summed E-state index contributed by atoms with van der Waals surface area (Å²) in [5.41, 5.74) is 5.35. The lowest BCUT2D eigenvalue weighted by Crippen LogP contribution is -2.18. The van der Waals surface area contributed by atoms with E-state index in [0.717, 1.165) is 44.4 Å². The van der Waals surface area contributed by atoms with Crippen LogP contribution in [0, 0.1) is 6.92 Å². The molecule has 3 aromatic carbocycles. The minimum Gasteiger partial charge on any atom is -0.508 e. The number of aromatic nitrogens is 1. The van der Waals surface area contributed by atoms with Gasteiger partial charge in [0.15, 0.2) is 0 Å². The van der Waals surface area contributed by atoms with Crippen LogP contribution in [-0.2, 0) is 0 Å². The second-order valence-corrected chi connectivity index (χ2v) is 8.41. The van der Waals surface area contributed by atoms with E-state index in [4.69, 9.17) is 14.8 Å². The van der Waals surface area contributed by atoms with Gasteiger partial charge in [0.2, 0.25) is 5.13 Å². The van der Waals surface area contributed by atoms with Crippen LogP contribution in [0.25, 0.3) is 10.2 Å². The fourth-order valence-electron chi connectivity index (χ4n) is 3.72. The van der Waals surface area contributed by atoms with Crippen LogP contribution in [0.4, 0.5) is 5.13 Å². The summed E-state index contributed by atoms with van der Waals surface area (Å²) in [5.74, 6) is 1.08. The van der Waals surface area contributed by atoms with Crippen molar-refractivity contribution in [2.75, 3.05) is 12.1 Å². The maximum absolute atomic E-state index is 9.64. The summed E-state index contributed by atoms with van der Waals surface area (Å²) in [7, 11) is 1.67. The van der Waals surface area contributed by atoms with Gasteiger partial charge in [0, 0.05) is 6.42 Å². The molecule has 1 atom stereocenters. The minimum atomic E-state index is 0.0429. The van der Waals surface area contributed by atoms with E-state index in [2.05, 4.69) is 37.3 Å². The van der Waals surface area contributed by atoms with Gasteiger partial charge in [-0.25, -0.2) is 9.99 Å². The molecule has 0 amide bonds. The number of benzene rings is 3. The number of nitrogens with zero attached hydrogens (tertiary/aromatic N) is 3. The van der Waals surface area contributed by atoms with Gasteiger partial charge < -0.3 is 9.84 Å². The lowest BCUT2D eigenvalue weighted by Gasteiger charge is -2.21. The zero-order valence-electron chi connectivity index (χ0n) is 16.7. The topological polar surface area (TPSA) is 58.0 Å². The maximum Gasteiger partial charge on any atom is 0.207 e. The first-order chi connectivity index (χ1) is 14.6. The van der Waals surface area contributed by atoms with Gasteiger partial charge in [-0.3, -0.25) is 0 Å². The van der Waals surface area contributed by atoms with E-state index in [1.54, 1.807) is 30.6 Å². The number of phenolic OH excluding ortho intramolecular Hbond substituents is 1. The van der Waals surface area contributed by atoms with Crippen LogP contribution < -0.4 is 9.75 Å². The molecule has 0 saturated carbocycles. The fraction of sp³-hybridized carbons (Fsp3) is 0.167. The second-order valence-electron chi connectivity index (χ2n) is 7.40. The summed E-state index contributed by atoms with van der Waals surface area (Å²) < 4.78 is 6.48. The summed E-state index contributed by atoms with van der Waals surface area (Å²) in [6, 6.07) is 21.7. The Morgan fingerprint density at radius 2 is 1.80 bits per heavy atom. The molecule has 1 N–H and O–H groups in total. The van der Waals surface area contributed by atoms with Crippen LogP contribution in [0.15, 0.2) is 71.8 Å². The van der Waals surface area contributed by atoms with E-state index in [9.17, 15) is 5.11 Å². The molecule has 1 aromatic heterocycles. The Balaban J connectivity index is 1.58. The fourth-order valence-corrected chi connectivity index (χ4v) is 4.78. The Morgan fingerprint density at radius 3 is 2.53 bits per heavy atom. The maximum atomic E-state index is 9.64. The molecule has 2 heterocycles. The quantitative estimate of drug-likeness (QED) is 0.466. The van der Waals surface area contributed by atoms with Gasteiger partial charge in [-0.15, -0.1) is 0 Å². The van der Waals surface area contributed by atoms with Crippen LogP contribution in [0.1, 0.15) is 29.2 Å². The highest BCUT2D eigenvalue weighted by atomic mass is 32.1. The lowest BCUT2D eigenvalue weighted by atomic mass is 9.98. The molecule has 5 nitrogen and oxygen atoms in total. The molecule has 0 bridgehead atoms. The Hall–Kier alpha value is -3.38. The molecule has 0 spiro atoms. The summed E-state index contributed by atoms with van der Waals surface area (Å²) in [4.78, 5) is 4.86. The third kappa shape index (κ3) is 3.39. The molecule has 1 aliphatic rings. The van der Waals surface area contributed by atoms with Crippen molar-refractivity contribution in [3.63, 3.8) is 0 Å². The number of thiazole rings is 1. The number of hydrogen-bond acceptors (Lipinski definition) is 6. The van der Waals surface area contributed by atoms with Gasteiger partial charge in [0.05, 0.1) is 29.1 Å². The van der Waals surface area contributed by atoms with E-state index in [0.29, 0.717) is 0 Å². The SMILES string of the molecule is COc1ccc(C2CC(c3ccc(O)cc3)=NN2c2nc3ccc(C)cc3s2)cc1. The van der Waals surface area contributed by atoms with Gasteiger partial charge >= 0.3 is 0 Å². The van der Waals surface area contributed by atoms with E-state index in [1.807, 2.05) is 29.3 Å². The highest BCUT2D eigenvalue weighted by Crippen LogP contribution is 2.40. The molecule has 1 aliphatic heterocycles. The third-order valence-corrected chi connectivity index (χ3v) is 6.35. The first-order valence-corrected chi connectivity index (χ1v) is 10.6. The molecule has 0 aliphatic carbocycles. The first kappa shape index (κ1) is 18.6. The van der Waals surface area contributed by atoms with Crippen molar-refractivity contribution >= 4 is 32.4 Å². The first-order valence-electron chi connectivity index (χ1n) is 9.78. The summed E-state index contributed by atoms with van der Waals surface area (Å²) in [6.07, 6.45) is 0.756. The second kappa shape index (κ2) is 7.46. The van der Waals surface area contributed by atoms with Crippen molar-refractivity contribution < 1.29 is 9.84 Å². The Bertz CT molecular complexity index is 1230. The average molecular weight is 416 g/mol. The smallest absolute Gasteiger partial charge is 0.207 e.